The fourth-order valence-corrected chi connectivity index (χ4v) is 2.14. The third-order valence-corrected chi connectivity index (χ3v) is 3.25. The van der Waals surface area contributed by atoms with E-state index in [1.54, 1.807) is 12.1 Å². The number of phenolic OH excluding ortho intramolecular Hbond substituents is 4. The van der Waals surface area contributed by atoms with Crippen LogP contribution in [0.4, 0.5) is 0 Å². The van der Waals surface area contributed by atoms with Crippen LogP contribution in [0.15, 0.2) is 30.3 Å². The van der Waals surface area contributed by atoms with Crippen LogP contribution in [0.25, 0.3) is 0 Å². The third kappa shape index (κ3) is 3.22. The lowest BCUT2D eigenvalue weighted by atomic mass is 10.0. The molecule has 0 radical (unpaired) electrons. The summed E-state index contributed by atoms with van der Waals surface area (Å²) in [4.78, 5) is 12.1. The first-order valence-electron chi connectivity index (χ1n) is 6.56. The highest BCUT2D eigenvalue weighted by atomic mass is 16.5. The van der Waals surface area contributed by atoms with Gasteiger partial charge in [-0.15, -0.1) is 0 Å². The van der Waals surface area contributed by atoms with E-state index in [4.69, 9.17) is 4.74 Å². The Bertz CT molecular complexity index is 685. The SMILES string of the molecule is COc1cc(CCC(=O)c2c(O)cc(O)cc2O)ccc1O. The number of ketones is 1. The molecule has 6 heteroatoms. The number of phenols is 4. The first-order chi connectivity index (χ1) is 10.4. The van der Waals surface area contributed by atoms with E-state index < -0.39 is 17.3 Å². The second-order valence-corrected chi connectivity index (χ2v) is 4.79. The predicted molar refractivity (Wildman–Crippen MR) is 78.7 cm³/mol. The van der Waals surface area contributed by atoms with E-state index >= 15 is 0 Å². The zero-order valence-electron chi connectivity index (χ0n) is 11.9. The fourth-order valence-electron chi connectivity index (χ4n) is 2.14. The molecule has 0 saturated heterocycles. The number of aryl methyl sites for hydroxylation is 1. The van der Waals surface area contributed by atoms with E-state index in [1.807, 2.05) is 0 Å². The van der Waals surface area contributed by atoms with Crippen LogP contribution in [0.3, 0.4) is 0 Å². The zero-order chi connectivity index (χ0) is 16.3. The quantitative estimate of drug-likeness (QED) is 0.632. The molecule has 4 N–H and O–H groups in total. The van der Waals surface area contributed by atoms with Gasteiger partial charge in [0.1, 0.15) is 22.8 Å². The van der Waals surface area contributed by atoms with Crippen molar-refractivity contribution in [2.24, 2.45) is 0 Å². The van der Waals surface area contributed by atoms with Gasteiger partial charge in [-0.1, -0.05) is 6.07 Å². The number of carbonyl (C=O) groups excluding carboxylic acids is 1. The minimum atomic E-state index is -0.467. The Morgan fingerprint density at radius 2 is 1.64 bits per heavy atom. The number of benzene rings is 2. The van der Waals surface area contributed by atoms with Crippen LogP contribution < -0.4 is 4.74 Å². The molecular formula is C16H16O6. The standard InChI is InChI=1S/C16H16O6/c1-22-15-6-9(2-4-11(15)18)3-5-12(19)16-13(20)7-10(17)8-14(16)21/h2,4,6-8,17-18,20-21H,3,5H2,1H3. The van der Waals surface area contributed by atoms with Crippen LogP contribution in [-0.2, 0) is 6.42 Å². The van der Waals surface area contributed by atoms with Crippen molar-refractivity contribution in [2.75, 3.05) is 7.11 Å². The van der Waals surface area contributed by atoms with E-state index in [0.717, 1.165) is 17.7 Å². The molecule has 22 heavy (non-hydrogen) atoms. The van der Waals surface area contributed by atoms with Gasteiger partial charge >= 0.3 is 0 Å². The molecule has 0 aliphatic heterocycles. The summed E-state index contributed by atoms with van der Waals surface area (Å²) in [6.45, 7) is 0. The smallest absolute Gasteiger partial charge is 0.170 e. The molecule has 0 unspecified atom stereocenters. The first-order valence-corrected chi connectivity index (χ1v) is 6.56. The Morgan fingerprint density at radius 1 is 1.00 bits per heavy atom. The molecule has 6 nitrogen and oxygen atoms in total. The highest BCUT2D eigenvalue weighted by Crippen LogP contribution is 2.33. The van der Waals surface area contributed by atoms with Gasteiger partial charge in [0.05, 0.1) is 7.11 Å². The lowest BCUT2D eigenvalue weighted by Crippen LogP contribution is -2.02. The molecule has 0 saturated carbocycles. The number of hydrogen-bond donors (Lipinski definition) is 4. The van der Waals surface area contributed by atoms with Crippen molar-refractivity contribution >= 4 is 5.78 Å². The maximum absolute atomic E-state index is 12.1. The molecule has 2 aromatic rings. The molecule has 116 valence electrons. The molecule has 0 fully saturated rings. The van der Waals surface area contributed by atoms with Gasteiger partial charge in [-0.25, -0.2) is 0 Å². The summed E-state index contributed by atoms with van der Waals surface area (Å²) in [5.74, 6) is -1.40. The van der Waals surface area contributed by atoms with Gasteiger partial charge in [0.25, 0.3) is 0 Å². The van der Waals surface area contributed by atoms with Crippen molar-refractivity contribution in [3.8, 4) is 28.7 Å². The van der Waals surface area contributed by atoms with E-state index in [1.165, 1.54) is 13.2 Å². The van der Waals surface area contributed by atoms with Gasteiger partial charge in [0.2, 0.25) is 0 Å². The number of aromatic hydroxyl groups is 4. The highest BCUT2D eigenvalue weighted by Gasteiger charge is 2.17. The molecule has 0 bridgehead atoms. The number of ether oxygens (including phenoxy) is 1. The highest BCUT2D eigenvalue weighted by molar-refractivity contribution is 6.01. The number of carbonyl (C=O) groups is 1. The summed E-state index contributed by atoms with van der Waals surface area (Å²) in [6.07, 6.45) is 0.384. The maximum atomic E-state index is 12.1. The van der Waals surface area contributed by atoms with Crippen LogP contribution in [0.2, 0.25) is 0 Å². The summed E-state index contributed by atoms with van der Waals surface area (Å²) in [6, 6.07) is 6.72. The average Bonchev–Trinajstić information content (AvgIpc) is 2.45. The normalized spacial score (nSPS) is 10.4. The van der Waals surface area contributed by atoms with Gasteiger partial charge in [-0.2, -0.15) is 0 Å². The van der Waals surface area contributed by atoms with E-state index in [9.17, 15) is 25.2 Å². The average molecular weight is 304 g/mol. The molecule has 0 aromatic heterocycles. The van der Waals surface area contributed by atoms with Crippen LogP contribution in [0, 0.1) is 0 Å². The minimum Gasteiger partial charge on any atom is -0.508 e. The molecule has 0 amide bonds. The van der Waals surface area contributed by atoms with E-state index in [-0.39, 0.29) is 23.5 Å². The Kier molecular flexibility index (Phi) is 4.41. The Morgan fingerprint density at radius 3 is 2.23 bits per heavy atom. The van der Waals surface area contributed by atoms with Gasteiger partial charge in [-0.05, 0) is 24.1 Å². The number of rotatable bonds is 5. The lowest BCUT2D eigenvalue weighted by molar-refractivity contribution is 0.0977. The molecular weight excluding hydrogens is 288 g/mol. The molecule has 0 heterocycles. The summed E-state index contributed by atoms with van der Waals surface area (Å²) >= 11 is 0. The minimum absolute atomic E-state index is 0.00593. The van der Waals surface area contributed by atoms with Crippen molar-refractivity contribution in [1.82, 2.24) is 0 Å². The first kappa shape index (κ1) is 15.5. The molecule has 2 aromatic carbocycles. The van der Waals surface area contributed by atoms with Crippen molar-refractivity contribution < 1.29 is 30.0 Å². The van der Waals surface area contributed by atoms with Crippen molar-refractivity contribution in [2.45, 2.75) is 12.8 Å². The second kappa shape index (κ2) is 6.26. The Balaban J connectivity index is 2.14. The topological polar surface area (TPSA) is 107 Å². The predicted octanol–water partition coefficient (Wildman–Crippen LogP) is 2.33. The van der Waals surface area contributed by atoms with E-state index in [2.05, 4.69) is 0 Å². The summed E-state index contributed by atoms with van der Waals surface area (Å²) in [5, 5.41) is 38.1. The summed E-state index contributed by atoms with van der Waals surface area (Å²) in [7, 11) is 1.43. The van der Waals surface area contributed by atoms with Crippen LogP contribution >= 0.6 is 0 Å². The summed E-state index contributed by atoms with van der Waals surface area (Å²) < 4.78 is 4.99. The third-order valence-electron chi connectivity index (χ3n) is 3.25. The lowest BCUT2D eigenvalue weighted by Gasteiger charge is -2.08. The molecule has 2 rings (SSSR count). The Hall–Kier alpha value is -2.89. The van der Waals surface area contributed by atoms with Gasteiger partial charge in [0, 0.05) is 18.6 Å². The maximum Gasteiger partial charge on any atom is 0.170 e. The number of Topliss-reactive ketones (excluding diaryl/α,β-unsaturated/α-hetero) is 1. The fraction of sp³-hybridized carbons (Fsp3) is 0.188. The largest absolute Gasteiger partial charge is 0.508 e. The van der Waals surface area contributed by atoms with Crippen molar-refractivity contribution in [3.63, 3.8) is 0 Å². The van der Waals surface area contributed by atoms with Crippen LogP contribution in [0.1, 0.15) is 22.3 Å². The van der Waals surface area contributed by atoms with Gasteiger partial charge in [0.15, 0.2) is 17.3 Å². The zero-order valence-corrected chi connectivity index (χ0v) is 11.9. The van der Waals surface area contributed by atoms with Crippen LogP contribution in [0.5, 0.6) is 28.7 Å². The summed E-state index contributed by atoms with van der Waals surface area (Å²) in [5.41, 5.74) is 0.546. The van der Waals surface area contributed by atoms with E-state index in [0.29, 0.717) is 12.2 Å². The molecule has 0 atom stereocenters. The molecule has 0 aliphatic rings. The molecule has 0 spiro atoms. The second-order valence-electron chi connectivity index (χ2n) is 4.79. The molecule has 0 aliphatic carbocycles. The van der Waals surface area contributed by atoms with Crippen molar-refractivity contribution in [1.29, 1.82) is 0 Å². The monoisotopic (exact) mass is 304 g/mol. The Labute approximate surface area is 126 Å². The number of methoxy groups -OCH3 is 1. The van der Waals surface area contributed by atoms with Gasteiger partial charge < -0.3 is 25.2 Å². The number of hydrogen-bond acceptors (Lipinski definition) is 6. The van der Waals surface area contributed by atoms with Gasteiger partial charge in [-0.3, -0.25) is 4.79 Å². The van der Waals surface area contributed by atoms with Crippen molar-refractivity contribution in [3.05, 3.63) is 41.5 Å². The van der Waals surface area contributed by atoms with Crippen LogP contribution in [-0.4, -0.2) is 33.3 Å².